The summed E-state index contributed by atoms with van der Waals surface area (Å²) in [6, 6.07) is 4.22. The van der Waals surface area contributed by atoms with Crippen molar-refractivity contribution in [1.29, 1.82) is 0 Å². The van der Waals surface area contributed by atoms with Crippen molar-refractivity contribution in [3.05, 3.63) is 28.8 Å². The molecule has 0 spiro atoms. The first-order valence-corrected chi connectivity index (χ1v) is 8.90. The van der Waals surface area contributed by atoms with Crippen LogP contribution in [0.1, 0.15) is 61.3 Å². The van der Waals surface area contributed by atoms with E-state index in [-0.39, 0.29) is 0 Å². The summed E-state index contributed by atoms with van der Waals surface area (Å²) in [5.41, 5.74) is 3.85. The van der Waals surface area contributed by atoms with Crippen molar-refractivity contribution in [2.24, 2.45) is 0 Å². The summed E-state index contributed by atoms with van der Waals surface area (Å²) in [7, 11) is 0. The number of rotatable bonds is 4. The Hall–Kier alpha value is -0.670. The Balaban J connectivity index is 1.79. The second-order valence-corrected chi connectivity index (χ2v) is 7.81. The molecule has 1 aromatic rings. The highest BCUT2D eigenvalue weighted by atomic mass is 32.2. The van der Waals surface area contributed by atoms with Crippen LogP contribution in [0.2, 0.25) is 0 Å². The Labute approximate surface area is 126 Å². The molecule has 0 heterocycles. The minimum atomic E-state index is 0.324. The van der Waals surface area contributed by atoms with Crippen molar-refractivity contribution in [3.63, 3.8) is 0 Å². The van der Waals surface area contributed by atoms with E-state index in [1.54, 1.807) is 0 Å². The van der Waals surface area contributed by atoms with Gasteiger partial charge in [0.2, 0.25) is 0 Å². The van der Waals surface area contributed by atoms with Gasteiger partial charge in [0.15, 0.2) is 0 Å². The van der Waals surface area contributed by atoms with Crippen LogP contribution in [0.15, 0.2) is 12.1 Å². The average Bonchev–Trinajstić information content (AvgIpc) is 2.72. The fraction of sp³-hybridized carbons (Fsp3) is 0.647. The van der Waals surface area contributed by atoms with Gasteiger partial charge in [-0.3, -0.25) is 0 Å². The van der Waals surface area contributed by atoms with E-state index < -0.39 is 0 Å². The van der Waals surface area contributed by atoms with Crippen molar-refractivity contribution in [2.75, 3.05) is 12.8 Å². The van der Waals surface area contributed by atoms with Crippen LogP contribution in [-0.4, -0.2) is 22.7 Å². The lowest BCUT2D eigenvalue weighted by molar-refractivity contribution is 0.326. The first-order valence-electron chi connectivity index (χ1n) is 7.67. The summed E-state index contributed by atoms with van der Waals surface area (Å²) in [6.45, 7) is 5.51. The maximum atomic E-state index is 10.3. The van der Waals surface area contributed by atoms with Gasteiger partial charge in [0.1, 0.15) is 5.75 Å². The number of nitrogens with one attached hydrogen (secondary N) is 1. The van der Waals surface area contributed by atoms with E-state index in [9.17, 15) is 5.11 Å². The molecule has 2 unspecified atom stereocenters. The van der Waals surface area contributed by atoms with Crippen LogP contribution in [0.4, 0.5) is 0 Å². The van der Waals surface area contributed by atoms with Crippen LogP contribution < -0.4 is 5.32 Å². The van der Waals surface area contributed by atoms with Crippen molar-refractivity contribution in [1.82, 2.24) is 5.32 Å². The number of benzene rings is 1. The van der Waals surface area contributed by atoms with Gasteiger partial charge >= 0.3 is 0 Å². The van der Waals surface area contributed by atoms with Gasteiger partial charge in [-0.15, -0.1) is 0 Å². The van der Waals surface area contributed by atoms with Crippen LogP contribution >= 0.6 is 11.8 Å². The van der Waals surface area contributed by atoms with Gasteiger partial charge in [-0.1, -0.05) is 19.4 Å². The molecule has 2 atom stereocenters. The minimum absolute atomic E-state index is 0.324. The predicted molar refractivity (Wildman–Crippen MR) is 86.7 cm³/mol. The van der Waals surface area contributed by atoms with E-state index in [4.69, 9.17) is 0 Å². The van der Waals surface area contributed by atoms with Gasteiger partial charge in [-0.05, 0) is 55.6 Å². The van der Waals surface area contributed by atoms with Crippen molar-refractivity contribution >= 4 is 11.8 Å². The van der Waals surface area contributed by atoms with Crippen LogP contribution in [0.5, 0.6) is 5.75 Å². The molecule has 1 aromatic carbocycles. The molecule has 3 heteroatoms. The standard InChI is InChI=1S/C17H25NOS/c1-11-5-6-14(19)16-13(9-12(2)15(11)16)18-10-17(20-3)7-4-8-17/h5-6,12-13,18-19H,4,7-10H2,1-3H3. The largest absolute Gasteiger partial charge is 0.508 e. The van der Waals surface area contributed by atoms with E-state index in [1.807, 2.05) is 23.9 Å². The molecule has 1 saturated carbocycles. The molecular weight excluding hydrogens is 266 g/mol. The summed E-state index contributed by atoms with van der Waals surface area (Å²) in [5, 5.41) is 14.0. The summed E-state index contributed by atoms with van der Waals surface area (Å²) in [5.74, 6) is 1.01. The van der Waals surface area contributed by atoms with Gasteiger partial charge < -0.3 is 10.4 Å². The van der Waals surface area contributed by atoms with Crippen LogP contribution in [0.3, 0.4) is 0 Å². The molecule has 0 bridgehead atoms. The summed E-state index contributed by atoms with van der Waals surface area (Å²) in [4.78, 5) is 0. The SMILES string of the molecule is CSC1(CNC2CC(C)c3c(C)ccc(O)c32)CCC1. The summed E-state index contributed by atoms with van der Waals surface area (Å²) < 4.78 is 0.450. The first-order chi connectivity index (χ1) is 9.56. The second kappa shape index (κ2) is 5.27. The molecule has 0 radical (unpaired) electrons. The Morgan fingerprint density at radius 3 is 2.70 bits per heavy atom. The molecule has 0 aliphatic heterocycles. The van der Waals surface area contributed by atoms with E-state index in [0.717, 1.165) is 18.5 Å². The Morgan fingerprint density at radius 2 is 2.10 bits per heavy atom. The Bertz CT molecular complexity index is 504. The molecule has 2 N–H and O–H groups in total. The van der Waals surface area contributed by atoms with Crippen LogP contribution in [-0.2, 0) is 0 Å². The molecule has 1 fully saturated rings. The van der Waals surface area contributed by atoms with Crippen molar-refractivity contribution < 1.29 is 5.11 Å². The number of aromatic hydroxyl groups is 1. The fourth-order valence-corrected chi connectivity index (χ4v) is 4.79. The number of aryl methyl sites for hydroxylation is 1. The molecule has 0 saturated heterocycles. The fourth-order valence-electron chi connectivity index (χ4n) is 3.86. The normalized spacial score (nSPS) is 27.1. The molecule has 2 aliphatic rings. The molecular formula is C17H25NOS. The lowest BCUT2D eigenvalue weighted by atomic mass is 9.84. The smallest absolute Gasteiger partial charge is 0.120 e. The first kappa shape index (κ1) is 14.3. The van der Waals surface area contributed by atoms with Gasteiger partial charge in [0, 0.05) is 22.9 Å². The van der Waals surface area contributed by atoms with E-state index >= 15 is 0 Å². The summed E-state index contributed by atoms with van der Waals surface area (Å²) >= 11 is 2.01. The molecule has 20 heavy (non-hydrogen) atoms. The topological polar surface area (TPSA) is 32.3 Å². The van der Waals surface area contributed by atoms with E-state index in [0.29, 0.717) is 22.5 Å². The van der Waals surface area contributed by atoms with Crippen LogP contribution in [0, 0.1) is 6.92 Å². The van der Waals surface area contributed by atoms with Crippen LogP contribution in [0.25, 0.3) is 0 Å². The zero-order valence-corrected chi connectivity index (χ0v) is 13.5. The maximum Gasteiger partial charge on any atom is 0.120 e. The van der Waals surface area contributed by atoms with Gasteiger partial charge in [-0.2, -0.15) is 11.8 Å². The third-order valence-corrected chi connectivity index (χ3v) is 6.70. The molecule has 3 rings (SSSR count). The molecule has 110 valence electrons. The number of phenolic OH excluding ortho intramolecular Hbond substituents is 1. The maximum absolute atomic E-state index is 10.3. The number of phenols is 1. The summed E-state index contributed by atoms with van der Waals surface area (Å²) in [6.07, 6.45) is 7.36. The molecule has 2 aliphatic carbocycles. The monoisotopic (exact) mass is 291 g/mol. The average molecular weight is 291 g/mol. The number of thioether (sulfide) groups is 1. The minimum Gasteiger partial charge on any atom is -0.508 e. The van der Waals surface area contributed by atoms with Gasteiger partial charge in [-0.25, -0.2) is 0 Å². The highest BCUT2D eigenvalue weighted by molar-refractivity contribution is 8.00. The Morgan fingerprint density at radius 1 is 1.35 bits per heavy atom. The molecule has 0 amide bonds. The zero-order valence-electron chi connectivity index (χ0n) is 12.7. The highest BCUT2D eigenvalue weighted by Crippen LogP contribution is 2.47. The predicted octanol–water partition coefficient (Wildman–Crippen LogP) is 4.12. The highest BCUT2D eigenvalue weighted by Gasteiger charge is 2.38. The number of fused-ring (bicyclic) bond motifs is 1. The quantitative estimate of drug-likeness (QED) is 0.875. The number of hydrogen-bond donors (Lipinski definition) is 2. The third kappa shape index (κ3) is 2.25. The van der Waals surface area contributed by atoms with Crippen molar-refractivity contribution in [3.8, 4) is 5.75 Å². The van der Waals surface area contributed by atoms with E-state index in [1.165, 1.54) is 30.4 Å². The lowest BCUT2D eigenvalue weighted by Crippen LogP contribution is -2.44. The number of hydrogen-bond acceptors (Lipinski definition) is 3. The Kier molecular flexibility index (Phi) is 3.76. The lowest BCUT2D eigenvalue weighted by Gasteiger charge is -2.41. The van der Waals surface area contributed by atoms with Gasteiger partial charge in [0.05, 0.1) is 0 Å². The molecule has 0 aromatic heterocycles. The second-order valence-electron chi connectivity index (χ2n) is 6.54. The zero-order chi connectivity index (χ0) is 14.3. The van der Waals surface area contributed by atoms with Gasteiger partial charge in [0.25, 0.3) is 0 Å². The third-order valence-electron chi connectivity index (χ3n) is 5.28. The van der Waals surface area contributed by atoms with E-state index in [2.05, 4.69) is 25.4 Å². The molecule has 2 nitrogen and oxygen atoms in total. The van der Waals surface area contributed by atoms with Crippen molar-refractivity contribution in [2.45, 2.75) is 56.2 Å².